The van der Waals surface area contributed by atoms with E-state index in [1.165, 1.54) is 6.92 Å². The standard InChI is InChI=1S/C14H9BF6O/c1-5-3-4-6(16)7(9(5)17)15-8-10(18)12(20)14(22-2)13(21)11(8)19/h3-4,15H,1-2H3. The zero-order valence-electron chi connectivity index (χ0n) is 11.5. The zero-order chi connectivity index (χ0) is 16.6. The summed E-state index contributed by atoms with van der Waals surface area (Å²) in [6, 6.07) is 2.04. The Morgan fingerprint density at radius 3 is 1.82 bits per heavy atom. The van der Waals surface area contributed by atoms with E-state index in [1.807, 2.05) is 0 Å². The average molecular weight is 318 g/mol. The minimum atomic E-state index is -1.76. The molecule has 116 valence electrons. The molecule has 22 heavy (non-hydrogen) atoms. The molecule has 0 saturated carbocycles. The molecule has 8 heteroatoms. The highest BCUT2D eigenvalue weighted by atomic mass is 19.2. The van der Waals surface area contributed by atoms with Crippen molar-refractivity contribution < 1.29 is 31.1 Å². The molecule has 0 heterocycles. The summed E-state index contributed by atoms with van der Waals surface area (Å²) in [6.07, 6.45) is 0. The maximum Gasteiger partial charge on any atom is 0.208 e. The molecule has 0 N–H and O–H groups in total. The Hall–Kier alpha value is -2.12. The fourth-order valence-corrected chi connectivity index (χ4v) is 2.05. The van der Waals surface area contributed by atoms with Crippen LogP contribution in [0, 0.1) is 41.8 Å². The topological polar surface area (TPSA) is 9.23 Å². The Labute approximate surface area is 122 Å². The molecule has 0 aromatic heterocycles. The van der Waals surface area contributed by atoms with Crippen LogP contribution in [0.25, 0.3) is 0 Å². The number of benzene rings is 2. The van der Waals surface area contributed by atoms with Gasteiger partial charge in [0.15, 0.2) is 17.4 Å². The van der Waals surface area contributed by atoms with Gasteiger partial charge in [-0.25, -0.2) is 17.6 Å². The van der Waals surface area contributed by atoms with Crippen LogP contribution in [0.5, 0.6) is 5.75 Å². The van der Waals surface area contributed by atoms with Crippen LogP contribution in [0.4, 0.5) is 26.3 Å². The highest BCUT2D eigenvalue weighted by molar-refractivity contribution is 6.67. The summed E-state index contributed by atoms with van der Waals surface area (Å²) in [6.45, 7) is 1.32. The van der Waals surface area contributed by atoms with E-state index in [0.717, 1.165) is 19.2 Å². The van der Waals surface area contributed by atoms with Gasteiger partial charge in [0, 0.05) is 0 Å². The maximum atomic E-state index is 13.9. The van der Waals surface area contributed by atoms with Gasteiger partial charge in [-0.15, -0.1) is 0 Å². The predicted molar refractivity (Wildman–Crippen MR) is 70.3 cm³/mol. The Balaban J connectivity index is 2.64. The second-order valence-electron chi connectivity index (χ2n) is 4.60. The molecule has 2 rings (SSSR count). The first-order chi connectivity index (χ1) is 10.3. The van der Waals surface area contributed by atoms with E-state index in [-0.39, 0.29) is 5.56 Å². The molecule has 0 unspecified atom stereocenters. The lowest BCUT2D eigenvalue weighted by atomic mass is 9.62. The van der Waals surface area contributed by atoms with E-state index in [9.17, 15) is 26.3 Å². The number of halogens is 6. The number of ether oxygens (including phenoxy) is 1. The second-order valence-corrected chi connectivity index (χ2v) is 4.60. The lowest BCUT2D eigenvalue weighted by Crippen LogP contribution is -2.38. The third-order valence-electron chi connectivity index (χ3n) is 3.25. The van der Waals surface area contributed by atoms with Crippen molar-refractivity contribution in [1.82, 2.24) is 0 Å². The van der Waals surface area contributed by atoms with Crippen LogP contribution in [0.15, 0.2) is 12.1 Å². The molecule has 0 aliphatic heterocycles. The van der Waals surface area contributed by atoms with Crippen molar-refractivity contribution in [3.8, 4) is 5.75 Å². The molecule has 2 aromatic carbocycles. The zero-order valence-corrected chi connectivity index (χ0v) is 11.5. The highest BCUT2D eigenvalue weighted by Crippen LogP contribution is 2.24. The summed E-state index contributed by atoms with van der Waals surface area (Å²) >= 11 is 0. The van der Waals surface area contributed by atoms with Gasteiger partial charge in [0.1, 0.15) is 11.6 Å². The Morgan fingerprint density at radius 2 is 1.32 bits per heavy atom. The first-order valence-electron chi connectivity index (χ1n) is 6.11. The Kier molecular flexibility index (Phi) is 4.39. The molecule has 0 spiro atoms. The van der Waals surface area contributed by atoms with Crippen LogP contribution in [-0.2, 0) is 0 Å². The van der Waals surface area contributed by atoms with Crippen LogP contribution in [0.1, 0.15) is 5.56 Å². The molecular formula is C14H9BF6O. The molecule has 0 aliphatic rings. The molecule has 2 aromatic rings. The predicted octanol–water partition coefficient (Wildman–Crippen LogP) is 2.23. The second kappa shape index (κ2) is 5.94. The van der Waals surface area contributed by atoms with Crippen molar-refractivity contribution in [1.29, 1.82) is 0 Å². The van der Waals surface area contributed by atoms with Gasteiger partial charge in [-0.05, 0) is 29.5 Å². The van der Waals surface area contributed by atoms with Gasteiger partial charge < -0.3 is 4.74 Å². The molecule has 0 radical (unpaired) electrons. The van der Waals surface area contributed by atoms with Crippen LogP contribution in [0.2, 0.25) is 0 Å². The third kappa shape index (κ3) is 2.53. The molecule has 0 bridgehead atoms. The first-order valence-corrected chi connectivity index (χ1v) is 6.11. The largest absolute Gasteiger partial charge is 0.491 e. The monoisotopic (exact) mass is 318 g/mol. The molecule has 0 aliphatic carbocycles. The lowest BCUT2D eigenvalue weighted by Gasteiger charge is -2.12. The Bertz CT molecular complexity index is 718. The number of methoxy groups -OCH3 is 1. The van der Waals surface area contributed by atoms with Gasteiger partial charge in [-0.1, -0.05) is 6.07 Å². The van der Waals surface area contributed by atoms with Crippen molar-refractivity contribution in [3.05, 3.63) is 52.6 Å². The SMILES string of the molecule is COc1c(F)c(F)c(Bc2c(F)ccc(C)c2F)c(F)c1F. The van der Waals surface area contributed by atoms with Crippen LogP contribution >= 0.6 is 0 Å². The van der Waals surface area contributed by atoms with Crippen LogP contribution in [-0.4, -0.2) is 14.4 Å². The fraction of sp³-hybridized carbons (Fsp3) is 0.143. The molecule has 1 nitrogen and oxygen atoms in total. The van der Waals surface area contributed by atoms with E-state index >= 15 is 0 Å². The number of rotatable bonds is 3. The fourth-order valence-electron chi connectivity index (χ4n) is 2.05. The van der Waals surface area contributed by atoms with E-state index in [0.29, 0.717) is 0 Å². The van der Waals surface area contributed by atoms with Gasteiger partial charge in [0.05, 0.1) is 7.11 Å². The van der Waals surface area contributed by atoms with E-state index in [1.54, 1.807) is 0 Å². The van der Waals surface area contributed by atoms with Gasteiger partial charge in [-0.3, -0.25) is 0 Å². The lowest BCUT2D eigenvalue weighted by molar-refractivity contribution is 0.335. The average Bonchev–Trinajstić information content (AvgIpc) is 2.49. The quantitative estimate of drug-likeness (QED) is 0.479. The minimum absolute atomic E-state index is 0.0340. The highest BCUT2D eigenvalue weighted by Gasteiger charge is 2.28. The van der Waals surface area contributed by atoms with Crippen molar-refractivity contribution in [3.63, 3.8) is 0 Å². The van der Waals surface area contributed by atoms with Crippen molar-refractivity contribution in [2.45, 2.75) is 6.92 Å². The third-order valence-corrected chi connectivity index (χ3v) is 3.25. The minimum Gasteiger partial charge on any atom is -0.491 e. The summed E-state index contributed by atoms with van der Waals surface area (Å²) in [4.78, 5) is 0. The number of aryl methyl sites for hydroxylation is 1. The Morgan fingerprint density at radius 1 is 0.773 bits per heavy atom. The normalized spacial score (nSPS) is 10.7. The van der Waals surface area contributed by atoms with Gasteiger partial charge in [0.25, 0.3) is 0 Å². The van der Waals surface area contributed by atoms with E-state index < -0.39 is 58.9 Å². The molecule has 0 saturated heterocycles. The molecule has 0 atom stereocenters. The van der Waals surface area contributed by atoms with E-state index in [4.69, 9.17) is 0 Å². The summed E-state index contributed by atoms with van der Waals surface area (Å²) in [5.74, 6) is -10.4. The van der Waals surface area contributed by atoms with Gasteiger partial charge >= 0.3 is 0 Å². The van der Waals surface area contributed by atoms with Gasteiger partial charge in [0.2, 0.25) is 18.9 Å². The summed E-state index contributed by atoms with van der Waals surface area (Å²) < 4.78 is 86.6. The number of hydrogen-bond donors (Lipinski definition) is 0. The molecular weight excluding hydrogens is 309 g/mol. The maximum absolute atomic E-state index is 13.9. The first kappa shape index (κ1) is 16.3. The van der Waals surface area contributed by atoms with Gasteiger partial charge in [-0.2, -0.15) is 8.78 Å². The smallest absolute Gasteiger partial charge is 0.208 e. The molecule has 0 fully saturated rings. The van der Waals surface area contributed by atoms with Crippen LogP contribution < -0.4 is 15.7 Å². The number of hydrogen-bond acceptors (Lipinski definition) is 1. The van der Waals surface area contributed by atoms with Crippen molar-refractivity contribution in [2.24, 2.45) is 0 Å². The van der Waals surface area contributed by atoms with Crippen LogP contribution in [0.3, 0.4) is 0 Å². The molecule has 0 amide bonds. The van der Waals surface area contributed by atoms with Crippen molar-refractivity contribution in [2.75, 3.05) is 7.11 Å². The van der Waals surface area contributed by atoms with Crippen molar-refractivity contribution >= 4 is 18.2 Å². The van der Waals surface area contributed by atoms with E-state index in [2.05, 4.69) is 4.74 Å². The summed E-state index contributed by atoms with van der Waals surface area (Å²) in [5.41, 5.74) is -1.76. The summed E-state index contributed by atoms with van der Waals surface area (Å²) in [5, 5.41) is 0. The summed E-state index contributed by atoms with van der Waals surface area (Å²) in [7, 11) is -0.144.